The van der Waals surface area contributed by atoms with Crippen molar-refractivity contribution in [2.75, 3.05) is 6.54 Å². The summed E-state index contributed by atoms with van der Waals surface area (Å²) in [6, 6.07) is 4.58. The summed E-state index contributed by atoms with van der Waals surface area (Å²) in [6.45, 7) is 4.34. The topological polar surface area (TPSA) is 16.1 Å². The van der Waals surface area contributed by atoms with Gasteiger partial charge < -0.3 is 0 Å². The minimum Gasteiger partial charge on any atom is -0.295 e. The van der Waals surface area contributed by atoms with Gasteiger partial charge in [0.05, 0.1) is 0 Å². The van der Waals surface area contributed by atoms with Gasteiger partial charge in [0.25, 0.3) is 0 Å². The van der Waals surface area contributed by atoms with Gasteiger partial charge in [0.1, 0.15) is 0 Å². The molecule has 0 bridgehead atoms. The molecule has 0 radical (unpaired) electrons. The van der Waals surface area contributed by atoms with Gasteiger partial charge in [0.2, 0.25) is 0 Å². The van der Waals surface area contributed by atoms with Gasteiger partial charge in [-0.1, -0.05) is 6.07 Å². The third-order valence-electron chi connectivity index (χ3n) is 3.13. The van der Waals surface area contributed by atoms with Crippen molar-refractivity contribution < 1.29 is 0 Å². The molecule has 1 fully saturated rings. The van der Waals surface area contributed by atoms with Gasteiger partial charge in [-0.3, -0.25) is 9.88 Å². The number of aromatic nitrogens is 1. The minimum atomic E-state index is 0.301. The van der Waals surface area contributed by atoms with Crippen LogP contribution in [0.25, 0.3) is 0 Å². The van der Waals surface area contributed by atoms with Crippen LogP contribution in [0, 0.1) is 0 Å². The fourth-order valence-electron chi connectivity index (χ4n) is 2.11. The van der Waals surface area contributed by atoms with E-state index in [-0.39, 0.29) is 0 Å². The number of pyridine rings is 1. The largest absolute Gasteiger partial charge is 0.295 e. The summed E-state index contributed by atoms with van der Waals surface area (Å²) in [5.41, 5.74) is 1.27. The Bertz CT molecular complexity index is 302. The standard InChI is InChI=1S/C12H17ClN2/c1-10-12(13)5-3-7-15(10)9-11-4-2-6-14-8-11/h2,4,6,8,10,12H,3,5,7,9H2,1H3. The zero-order valence-corrected chi connectivity index (χ0v) is 9.82. The number of halogens is 1. The average Bonchev–Trinajstić information content (AvgIpc) is 2.26. The Balaban J connectivity index is 1.99. The average molecular weight is 225 g/mol. The van der Waals surface area contributed by atoms with E-state index >= 15 is 0 Å². The van der Waals surface area contributed by atoms with E-state index in [0.717, 1.165) is 19.5 Å². The lowest BCUT2D eigenvalue weighted by molar-refractivity contribution is 0.156. The second-order valence-electron chi connectivity index (χ2n) is 4.23. The quantitative estimate of drug-likeness (QED) is 0.719. The molecular weight excluding hydrogens is 208 g/mol. The van der Waals surface area contributed by atoms with Gasteiger partial charge in [-0.15, -0.1) is 11.6 Å². The monoisotopic (exact) mass is 224 g/mol. The fourth-order valence-corrected chi connectivity index (χ4v) is 2.43. The van der Waals surface area contributed by atoms with Crippen LogP contribution in [-0.2, 0) is 6.54 Å². The number of likely N-dealkylation sites (tertiary alicyclic amines) is 1. The minimum absolute atomic E-state index is 0.301. The van der Waals surface area contributed by atoms with Gasteiger partial charge in [0, 0.05) is 30.4 Å². The molecular formula is C12H17ClN2. The molecule has 1 aliphatic heterocycles. The van der Waals surface area contributed by atoms with Gasteiger partial charge in [-0.25, -0.2) is 0 Å². The molecule has 15 heavy (non-hydrogen) atoms. The van der Waals surface area contributed by atoms with Crippen LogP contribution in [0.1, 0.15) is 25.3 Å². The molecule has 82 valence electrons. The summed E-state index contributed by atoms with van der Waals surface area (Å²) in [4.78, 5) is 6.58. The molecule has 2 atom stereocenters. The van der Waals surface area contributed by atoms with Crippen LogP contribution in [-0.4, -0.2) is 27.8 Å². The Morgan fingerprint density at radius 1 is 1.60 bits per heavy atom. The number of hydrogen-bond acceptors (Lipinski definition) is 2. The smallest absolute Gasteiger partial charge is 0.0489 e. The summed E-state index contributed by atoms with van der Waals surface area (Å²) >= 11 is 6.27. The second-order valence-corrected chi connectivity index (χ2v) is 4.79. The molecule has 0 amide bonds. The van der Waals surface area contributed by atoms with Crippen LogP contribution in [0.3, 0.4) is 0 Å². The zero-order valence-electron chi connectivity index (χ0n) is 9.06. The molecule has 1 aromatic heterocycles. The van der Waals surface area contributed by atoms with Crippen LogP contribution in [0.5, 0.6) is 0 Å². The maximum absolute atomic E-state index is 6.27. The maximum Gasteiger partial charge on any atom is 0.0489 e. The molecule has 0 aliphatic carbocycles. The van der Waals surface area contributed by atoms with Crippen molar-refractivity contribution in [1.29, 1.82) is 0 Å². The molecule has 3 heteroatoms. The summed E-state index contributed by atoms with van der Waals surface area (Å²) in [7, 11) is 0. The fraction of sp³-hybridized carbons (Fsp3) is 0.583. The number of piperidine rings is 1. The van der Waals surface area contributed by atoms with Gasteiger partial charge in [-0.05, 0) is 37.9 Å². The van der Waals surface area contributed by atoms with Crippen molar-refractivity contribution in [3.63, 3.8) is 0 Å². The summed E-state index contributed by atoms with van der Waals surface area (Å²) in [5, 5.41) is 0.301. The number of nitrogens with zero attached hydrogens (tertiary/aromatic N) is 2. The van der Waals surface area contributed by atoms with Gasteiger partial charge >= 0.3 is 0 Å². The Morgan fingerprint density at radius 2 is 2.47 bits per heavy atom. The van der Waals surface area contributed by atoms with E-state index in [1.807, 2.05) is 18.5 Å². The van der Waals surface area contributed by atoms with Crippen LogP contribution < -0.4 is 0 Å². The summed E-state index contributed by atoms with van der Waals surface area (Å²) in [6.07, 6.45) is 6.10. The molecule has 2 heterocycles. The van der Waals surface area contributed by atoms with Gasteiger partial charge in [-0.2, -0.15) is 0 Å². The highest BCUT2D eigenvalue weighted by Gasteiger charge is 2.25. The Morgan fingerprint density at radius 3 is 3.20 bits per heavy atom. The summed E-state index contributed by atoms with van der Waals surface area (Å²) in [5.74, 6) is 0. The van der Waals surface area contributed by atoms with Crippen molar-refractivity contribution >= 4 is 11.6 Å². The van der Waals surface area contributed by atoms with Crippen LogP contribution >= 0.6 is 11.6 Å². The first kappa shape index (κ1) is 10.9. The predicted octanol–water partition coefficient (Wildman–Crippen LogP) is 2.67. The highest BCUT2D eigenvalue weighted by molar-refractivity contribution is 6.21. The lowest BCUT2D eigenvalue weighted by Crippen LogP contribution is -2.43. The Hall–Kier alpha value is -0.600. The Kier molecular flexibility index (Phi) is 3.60. The summed E-state index contributed by atoms with van der Waals surface area (Å²) < 4.78 is 0. The van der Waals surface area contributed by atoms with Crippen molar-refractivity contribution in [1.82, 2.24) is 9.88 Å². The van der Waals surface area contributed by atoms with E-state index in [4.69, 9.17) is 11.6 Å². The predicted molar refractivity (Wildman–Crippen MR) is 63.0 cm³/mol. The highest BCUT2D eigenvalue weighted by atomic mass is 35.5. The first-order chi connectivity index (χ1) is 7.27. The van der Waals surface area contributed by atoms with E-state index < -0.39 is 0 Å². The van der Waals surface area contributed by atoms with Crippen molar-refractivity contribution in [3.8, 4) is 0 Å². The van der Waals surface area contributed by atoms with Gasteiger partial charge in [0.15, 0.2) is 0 Å². The molecule has 2 rings (SSSR count). The highest BCUT2D eigenvalue weighted by Crippen LogP contribution is 2.23. The number of hydrogen-bond donors (Lipinski definition) is 0. The van der Waals surface area contributed by atoms with E-state index in [0.29, 0.717) is 11.4 Å². The number of alkyl halides is 1. The molecule has 2 unspecified atom stereocenters. The normalized spacial score (nSPS) is 27.9. The van der Waals surface area contributed by atoms with Crippen molar-refractivity contribution in [2.45, 2.75) is 37.7 Å². The lowest BCUT2D eigenvalue weighted by Gasteiger charge is -2.36. The molecule has 0 aromatic carbocycles. The molecule has 0 spiro atoms. The third-order valence-corrected chi connectivity index (χ3v) is 3.72. The van der Waals surface area contributed by atoms with Crippen molar-refractivity contribution in [3.05, 3.63) is 30.1 Å². The van der Waals surface area contributed by atoms with E-state index in [1.165, 1.54) is 12.0 Å². The van der Waals surface area contributed by atoms with E-state index in [9.17, 15) is 0 Å². The van der Waals surface area contributed by atoms with Crippen LogP contribution in [0.15, 0.2) is 24.5 Å². The van der Waals surface area contributed by atoms with E-state index in [1.54, 1.807) is 0 Å². The molecule has 0 N–H and O–H groups in total. The first-order valence-corrected chi connectivity index (χ1v) is 5.98. The molecule has 1 aromatic rings. The zero-order chi connectivity index (χ0) is 10.7. The van der Waals surface area contributed by atoms with Crippen molar-refractivity contribution in [2.24, 2.45) is 0 Å². The van der Waals surface area contributed by atoms with Crippen LogP contribution in [0.2, 0.25) is 0 Å². The lowest BCUT2D eigenvalue weighted by atomic mass is 10.0. The molecule has 1 aliphatic rings. The second kappa shape index (κ2) is 4.95. The molecule has 0 saturated carbocycles. The molecule has 1 saturated heterocycles. The number of rotatable bonds is 2. The van der Waals surface area contributed by atoms with E-state index in [2.05, 4.69) is 22.9 Å². The first-order valence-electron chi connectivity index (χ1n) is 5.54. The SMILES string of the molecule is CC1C(Cl)CCCN1Cc1cccnc1. The molecule has 2 nitrogen and oxygen atoms in total. The van der Waals surface area contributed by atoms with Crippen LogP contribution in [0.4, 0.5) is 0 Å². The third kappa shape index (κ3) is 2.70. The Labute approximate surface area is 96.3 Å². The maximum atomic E-state index is 6.27.